The van der Waals surface area contributed by atoms with Crippen molar-refractivity contribution in [3.05, 3.63) is 29.3 Å². The van der Waals surface area contributed by atoms with Crippen LogP contribution < -0.4 is 10.6 Å². The standard InChI is InChI=1S/C15H24F2N2/c1-5-6-11(3)19(4)15-13(16)8-12(7-10(2)18)9-14(15)17/h8-11H,5-7,18H2,1-4H3. The molecule has 0 aromatic heterocycles. The largest absolute Gasteiger partial charge is 0.367 e. The van der Waals surface area contributed by atoms with E-state index in [0.29, 0.717) is 12.0 Å². The van der Waals surface area contributed by atoms with Gasteiger partial charge in [-0.05, 0) is 44.4 Å². The number of hydrogen-bond donors (Lipinski definition) is 1. The number of halogens is 2. The van der Waals surface area contributed by atoms with E-state index in [1.165, 1.54) is 12.1 Å². The Balaban J connectivity index is 3.02. The molecular weight excluding hydrogens is 246 g/mol. The smallest absolute Gasteiger partial charge is 0.149 e. The molecule has 108 valence electrons. The van der Waals surface area contributed by atoms with E-state index in [1.54, 1.807) is 11.9 Å². The van der Waals surface area contributed by atoms with Gasteiger partial charge in [-0.25, -0.2) is 8.78 Å². The molecule has 2 N–H and O–H groups in total. The Morgan fingerprint density at radius 1 is 1.21 bits per heavy atom. The maximum Gasteiger partial charge on any atom is 0.149 e. The fourth-order valence-electron chi connectivity index (χ4n) is 2.28. The molecule has 2 nitrogen and oxygen atoms in total. The van der Waals surface area contributed by atoms with Crippen LogP contribution in [0.25, 0.3) is 0 Å². The highest BCUT2D eigenvalue weighted by atomic mass is 19.1. The second kappa shape index (κ2) is 6.85. The Kier molecular flexibility index (Phi) is 5.73. The average Bonchev–Trinajstić information content (AvgIpc) is 2.27. The van der Waals surface area contributed by atoms with Crippen LogP contribution in [0.4, 0.5) is 14.5 Å². The number of benzene rings is 1. The van der Waals surface area contributed by atoms with Gasteiger partial charge in [0.05, 0.1) is 0 Å². The third-order valence-corrected chi connectivity index (χ3v) is 3.35. The van der Waals surface area contributed by atoms with Gasteiger partial charge in [-0.2, -0.15) is 0 Å². The van der Waals surface area contributed by atoms with Crippen molar-refractivity contribution < 1.29 is 8.78 Å². The van der Waals surface area contributed by atoms with Crippen molar-refractivity contribution >= 4 is 5.69 Å². The van der Waals surface area contributed by atoms with Crippen molar-refractivity contribution in [3.63, 3.8) is 0 Å². The molecule has 0 spiro atoms. The van der Waals surface area contributed by atoms with Gasteiger partial charge in [0.25, 0.3) is 0 Å². The van der Waals surface area contributed by atoms with Crippen LogP contribution in [-0.4, -0.2) is 19.1 Å². The summed E-state index contributed by atoms with van der Waals surface area (Å²) in [7, 11) is 1.73. The molecule has 4 heteroatoms. The van der Waals surface area contributed by atoms with Crippen LogP contribution in [0.2, 0.25) is 0 Å². The Morgan fingerprint density at radius 2 is 1.74 bits per heavy atom. The van der Waals surface area contributed by atoms with Gasteiger partial charge >= 0.3 is 0 Å². The van der Waals surface area contributed by atoms with E-state index in [-0.39, 0.29) is 17.8 Å². The van der Waals surface area contributed by atoms with Crippen LogP contribution in [0.1, 0.15) is 39.2 Å². The molecule has 19 heavy (non-hydrogen) atoms. The molecule has 0 heterocycles. The minimum Gasteiger partial charge on any atom is -0.367 e. The lowest BCUT2D eigenvalue weighted by molar-refractivity contribution is 0.544. The Morgan fingerprint density at radius 3 is 2.16 bits per heavy atom. The first-order valence-corrected chi connectivity index (χ1v) is 6.83. The second-order valence-electron chi connectivity index (χ2n) is 5.34. The molecule has 0 saturated heterocycles. The number of anilines is 1. The summed E-state index contributed by atoms with van der Waals surface area (Å²) in [6.45, 7) is 5.85. The van der Waals surface area contributed by atoms with Crippen molar-refractivity contribution in [1.82, 2.24) is 0 Å². The average molecular weight is 270 g/mol. The first-order valence-electron chi connectivity index (χ1n) is 6.83. The van der Waals surface area contributed by atoms with Crippen molar-refractivity contribution in [1.29, 1.82) is 0 Å². The van der Waals surface area contributed by atoms with E-state index in [2.05, 4.69) is 6.92 Å². The highest BCUT2D eigenvalue weighted by molar-refractivity contribution is 5.51. The molecule has 0 amide bonds. The zero-order chi connectivity index (χ0) is 14.6. The van der Waals surface area contributed by atoms with E-state index in [9.17, 15) is 8.78 Å². The molecule has 0 radical (unpaired) electrons. The van der Waals surface area contributed by atoms with Crippen molar-refractivity contribution in [3.8, 4) is 0 Å². The van der Waals surface area contributed by atoms with Gasteiger partial charge in [0.1, 0.15) is 17.3 Å². The molecule has 1 aromatic rings. The van der Waals surface area contributed by atoms with Crippen LogP contribution in [0.15, 0.2) is 12.1 Å². The molecule has 0 saturated carbocycles. The van der Waals surface area contributed by atoms with E-state index >= 15 is 0 Å². The highest BCUT2D eigenvalue weighted by Gasteiger charge is 2.19. The molecule has 0 aliphatic heterocycles. The molecule has 1 aromatic carbocycles. The van der Waals surface area contributed by atoms with Crippen molar-refractivity contribution in [2.24, 2.45) is 5.73 Å². The lowest BCUT2D eigenvalue weighted by Gasteiger charge is -2.28. The first-order chi connectivity index (χ1) is 8.86. The molecule has 2 unspecified atom stereocenters. The third kappa shape index (κ3) is 4.16. The molecule has 0 aliphatic rings. The van der Waals surface area contributed by atoms with Crippen LogP contribution in [0.3, 0.4) is 0 Å². The number of nitrogens with zero attached hydrogens (tertiary/aromatic N) is 1. The summed E-state index contributed by atoms with van der Waals surface area (Å²) in [6.07, 6.45) is 2.36. The third-order valence-electron chi connectivity index (χ3n) is 3.35. The Labute approximate surface area is 114 Å². The van der Waals surface area contributed by atoms with E-state index in [0.717, 1.165) is 12.8 Å². The maximum atomic E-state index is 14.1. The van der Waals surface area contributed by atoms with Gasteiger partial charge in [0, 0.05) is 19.1 Å². The highest BCUT2D eigenvalue weighted by Crippen LogP contribution is 2.27. The van der Waals surface area contributed by atoms with Gasteiger partial charge in [-0.1, -0.05) is 13.3 Å². The molecule has 0 bridgehead atoms. The van der Waals surface area contributed by atoms with E-state index < -0.39 is 11.6 Å². The number of hydrogen-bond acceptors (Lipinski definition) is 2. The van der Waals surface area contributed by atoms with Crippen LogP contribution >= 0.6 is 0 Å². The predicted octanol–water partition coefficient (Wildman–Crippen LogP) is 3.48. The summed E-state index contributed by atoms with van der Waals surface area (Å²) in [6, 6.07) is 2.77. The predicted molar refractivity (Wildman–Crippen MR) is 76.5 cm³/mol. The van der Waals surface area contributed by atoms with Crippen molar-refractivity contribution in [2.75, 3.05) is 11.9 Å². The summed E-state index contributed by atoms with van der Waals surface area (Å²) in [5, 5.41) is 0. The van der Waals surface area contributed by atoms with Crippen LogP contribution in [-0.2, 0) is 6.42 Å². The van der Waals surface area contributed by atoms with E-state index in [4.69, 9.17) is 5.73 Å². The number of nitrogens with two attached hydrogens (primary N) is 1. The molecule has 1 rings (SSSR count). The molecule has 0 fully saturated rings. The van der Waals surface area contributed by atoms with Gasteiger partial charge < -0.3 is 10.6 Å². The first kappa shape index (κ1) is 15.9. The van der Waals surface area contributed by atoms with Gasteiger partial charge in [-0.3, -0.25) is 0 Å². The van der Waals surface area contributed by atoms with Crippen LogP contribution in [0, 0.1) is 11.6 Å². The van der Waals surface area contributed by atoms with Gasteiger partial charge in [0.2, 0.25) is 0 Å². The Hall–Kier alpha value is -1.16. The fourth-order valence-corrected chi connectivity index (χ4v) is 2.28. The summed E-state index contributed by atoms with van der Waals surface area (Å²) in [5.41, 5.74) is 6.31. The normalized spacial score (nSPS) is 14.3. The summed E-state index contributed by atoms with van der Waals surface area (Å²) in [5.74, 6) is -1.03. The quantitative estimate of drug-likeness (QED) is 0.857. The monoisotopic (exact) mass is 270 g/mol. The zero-order valence-electron chi connectivity index (χ0n) is 12.2. The minimum atomic E-state index is -0.513. The SMILES string of the molecule is CCCC(C)N(C)c1c(F)cc(CC(C)N)cc1F. The van der Waals surface area contributed by atoms with Gasteiger partial charge in [-0.15, -0.1) is 0 Å². The molecule has 0 aliphatic carbocycles. The topological polar surface area (TPSA) is 29.3 Å². The fraction of sp³-hybridized carbons (Fsp3) is 0.600. The zero-order valence-corrected chi connectivity index (χ0v) is 12.2. The minimum absolute atomic E-state index is 0.0503. The maximum absolute atomic E-state index is 14.1. The molecular formula is C15H24F2N2. The summed E-state index contributed by atoms with van der Waals surface area (Å²) >= 11 is 0. The van der Waals surface area contributed by atoms with Crippen LogP contribution in [0.5, 0.6) is 0 Å². The number of rotatable bonds is 6. The summed E-state index contributed by atoms with van der Waals surface area (Å²) in [4.78, 5) is 1.67. The van der Waals surface area contributed by atoms with Gasteiger partial charge in [0.15, 0.2) is 0 Å². The Bertz CT molecular complexity index is 396. The van der Waals surface area contributed by atoms with E-state index in [1.807, 2.05) is 13.8 Å². The second-order valence-corrected chi connectivity index (χ2v) is 5.34. The lowest BCUT2D eigenvalue weighted by Crippen LogP contribution is -2.30. The van der Waals surface area contributed by atoms with Crippen molar-refractivity contribution in [2.45, 2.75) is 52.1 Å². The lowest BCUT2D eigenvalue weighted by atomic mass is 10.1. The summed E-state index contributed by atoms with van der Waals surface area (Å²) < 4.78 is 28.2. The molecule has 2 atom stereocenters.